The minimum atomic E-state index is -0.875. The molecule has 0 amide bonds. The molecule has 0 saturated carbocycles. The third kappa shape index (κ3) is 1.62. The van der Waals surface area contributed by atoms with E-state index < -0.39 is 11.4 Å². The highest BCUT2D eigenvalue weighted by Gasteiger charge is 2.32. The van der Waals surface area contributed by atoms with E-state index >= 15 is 0 Å². The molecule has 2 aromatic rings. The minimum Gasteiger partial charge on any atom is -0.481 e. The van der Waals surface area contributed by atoms with Crippen molar-refractivity contribution in [1.82, 2.24) is 4.57 Å². The molecule has 0 spiro atoms. The van der Waals surface area contributed by atoms with Crippen LogP contribution in [0.2, 0.25) is 0 Å². The number of nitrogens with zero attached hydrogens (tertiary/aromatic N) is 1. The van der Waals surface area contributed by atoms with Crippen LogP contribution in [0.25, 0.3) is 10.9 Å². The molecular weight excluding hydrogens is 214 g/mol. The van der Waals surface area contributed by atoms with Crippen LogP contribution in [0.3, 0.4) is 0 Å². The Hall–Kier alpha value is -1.77. The molecule has 1 heterocycles. The van der Waals surface area contributed by atoms with Crippen LogP contribution >= 0.6 is 0 Å². The molecule has 0 unspecified atom stereocenters. The zero-order valence-electron chi connectivity index (χ0n) is 10.6. The van der Waals surface area contributed by atoms with Gasteiger partial charge in [-0.15, -0.1) is 0 Å². The number of carboxylic acids is 1. The van der Waals surface area contributed by atoms with Gasteiger partial charge in [-0.25, -0.2) is 0 Å². The molecule has 0 fully saturated rings. The van der Waals surface area contributed by atoms with Crippen LogP contribution in [0.15, 0.2) is 24.3 Å². The van der Waals surface area contributed by atoms with Crippen LogP contribution in [0.5, 0.6) is 0 Å². The predicted octanol–water partition coefficient (Wildman–Crippen LogP) is 2.85. The molecule has 0 aliphatic heterocycles. The van der Waals surface area contributed by atoms with Gasteiger partial charge in [0.15, 0.2) is 0 Å². The van der Waals surface area contributed by atoms with E-state index in [-0.39, 0.29) is 0 Å². The Balaban J connectivity index is 2.77. The molecule has 0 aliphatic carbocycles. The molecule has 3 heteroatoms. The molecule has 17 heavy (non-hydrogen) atoms. The second-order valence-electron chi connectivity index (χ2n) is 5.03. The number of aliphatic carboxylic acids is 1. The first-order chi connectivity index (χ1) is 7.85. The lowest BCUT2D eigenvalue weighted by atomic mass is 9.89. The van der Waals surface area contributed by atoms with Gasteiger partial charge in [-0.3, -0.25) is 4.79 Å². The third-order valence-electron chi connectivity index (χ3n) is 3.48. The summed E-state index contributed by atoms with van der Waals surface area (Å²) < 4.78 is 1.97. The lowest BCUT2D eigenvalue weighted by Crippen LogP contribution is -2.30. The van der Waals surface area contributed by atoms with Crippen molar-refractivity contribution in [3.05, 3.63) is 35.5 Å². The molecule has 90 valence electrons. The van der Waals surface area contributed by atoms with Crippen molar-refractivity contribution >= 4 is 16.9 Å². The highest BCUT2D eigenvalue weighted by atomic mass is 16.4. The standard InChI is InChI=1S/C14H17NO2/c1-9-6-5-7-11-10(9)8-12(15(11)4)14(2,3)13(16)17/h5-8H,1-4H3,(H,16,17). The van der Waals surface area contributed by atoms with Crippen molar-refractivity contribution in [2.24, 2.45) is 7.05 Å². The average molecular weight is 231 g/mol. The number of hydrogen-bond donors (Lipinski definition) is 1. The van der Waals surface area contributed by atoms with Gasteiger partial charge in [0.25, 0.3) is 0 Å². The lowest BCUT2D eigenvalue weighted by Gasteiger charge is -2.20. The van der Waals surface area contributed by atoms with Gasteiger partial charge in [-0.1, -0.05) is 12.1 Å². The van der Waals surface area contributed by atoms with Crippen molar-refractivity contribution in [2.75, 3.05) is 0 Å². The molecule has 1 aromatic heterocycles. The highest BCUT2D eigenvalue weighted by molar-refractivity contribution is 5.88. The Bertz CT molecular complexity index is 594. The van der Waals surface area contributed by atoms with Crippen LogP contribution in [0, 0.1) is 6.92 Å². The summed E-state index contributed by atoms with van der Waals surface area (Å²) in [6.45, 7) is 5.51. The van der Waals surface area contributed by atoms with E-state index in [0.29, 0.717) is 0 Å². The highest BCUT2D eigenvalue weighted by Crippen LogP contribution is 2.30. The molecule has 2 rings (SSSR count). The second-order valence-corrected chi connectivity index (χ2v) is 5.03. The summed E-state index contributed by atoms with van der Waals surface area (Å²) in [6, 6.07) is 8.04. The normalized spacial score (nSPS) is 12.0. The Kier molecular flexibility index (Phi) is 2.49. The summed E-state index contributed by atoms with van der Waals surface area (Å²) in [4.78, 5) is 11.3. The number of aryl methyl sites for hydroxylation is 2. The summed E-state index contributed by atoms with van der Waals surface area (Å²) >= 11 is 0. The smallest absolute Gasteiger partial charge is 0.315 e. The van der Waals surface area contributed by atoms with E-state index in [4.69, 9.17) is 0 Å². The van der Waals surface area contributed by atoms with Crippen molar-refractivity contribution in [2.45, 2.75) is 26.2 Å². The fraction of sp³-hybridized carbons (Fsp3) is 0.357. The van der Waals surface area contributed by atoms with E-state index in [9.17, 15) is 9.90 Å². The number of benzene rings is 1. The van der Waals surface area contributed by atoms with Crippen LogP contribution in [-0.4, -0.2) is 15.6 Å². The van der Waals surface area contributed by atoms with Gasteiger partial charge in [0.1, 0.15) is 5.41 Å². The van der Waals surface area contributed by atoms with Gasteiger partial charge in [0.2, 0.25) is 0 Å². The first-order valence-corrected chi connectivity index (χ1v) is 5.64. The number of aromatic nitrogens is 1. The maximum absolute atomic E-state index is 11.3. The van der Waals surface area contributed by atoms with Gasteiger partial charge >= 0.3 is 5.97 Å². The van der Waals surface area contributed by atoms with Crippen molar-refractivity contribution in [1.29, 1.82) is 0 Å². The van der Waals surface area contributed by atoms with Crippen molar-refractivity contribution in [3.8, 4) is 0 Å². The van der Waals surface area contributed by atoms with Gasteiger partial charge in [-0.2, -0.15) is 0 Å². The van der Waals surface area contributed by atoms with E-state index in [2.05, 4.69) is 0 Å². The zero-order valence-corrected chi connectivity index (χ0v) is 10.6. The minimum absolute atomic E-state index is 0.805. The molecule has 3 nitrogen and oxygen atoms in total. The maximum atomic E-state index is 11.3. The fourth-order valence-corrected chi connectivity index (χ4v) is 2.22. The summed E-state index contributed by atoms with van der Waals surface area (Å²) in [5, 5.41) is 10.4. The Labute approximate surface area is 101 Å². The van der Waals surface area contributed by atoms with Gasteiger partial charge < -0.3 is 9.67 Å². The Morgan fingerprint density at radius 2 is 2.00 bits per heavy atom. The predicted molar refractivity (Wildman–Crippen MR) is 68.3 cm³/mol. The molecule has 0 bridgehead atoms. The summed E-state index contributed by atoms with van der Waals surface area (Å²) in [5.74, 6) is -0.805. The summed E-state index contributed by atoms with van der Waals surface area (Å²) in [6.07, 6.45) is 0. The number of carboxylic acid groups (broad SMARTS) is 1. The largest absolute Gasteiger partial charge is 0.481 e. The van der Waals surface area contributed by atoms with E-state index in [1.165, 1.54) is 5.56 Å². The topological polar surface area (TPSA) is 42.2 Å². The number of carbonyl (C=O) groups is 1. The van der Waals surface area contributed by atoms with E-state index in [1.54, 1.807) is 13.8 Å². The molecule has 0 atom stereocenters. The lowest BCUT2D eigenvalue weighted by molar-refractivity contribution is -0.142. The SMILES string of the molecule is Cc1cccc2c1cc(C(C)(C)C(=O)O)n2C. The Morgan fingerprint density at radius 1 is 1.35 bits per heavy atom. The maximum Gasteiger partial charge on any atom is 0.315 e. The molecule has 1 aromatic carbocycles. The van der Waals surface area contributed by atoms with Crippen LogP contribution in [0.4, 0.5) is 0 Å². The molecule has 0 radical (unpaired) electrons. The monoisotopic (exact) mass is 231 g/mol. The summed E-state index contributed by atoms with van der Waals surface area (Å²) in [7, 11) is 1.92. The van der Waals surface area contributed by atoms with Gasteiger partial charge in [0.05, 0.1) is 0 Å². The number of fused-ring (bicyclic) bond motifs is 1. The number of hydrogen-bond acceptors (Lipinski definition) is 1. The third-order valence-corrected chi connectivity index (χ3v) is 3.48. The quantitative estimate of drug-likeness (QED) is 0.863. The molecule has 1 N–H and O–H groups in total. The van der Waals surface area contributed by atoms with Gasteiger partial charge in [-0.05, 0) is 38.5 Å². The zero-order chi connectivity index (χ0) is 12.8. The van der Waals surface area contributed by atoms with E-state index in [1.807, 2.05) is 42.8 Å². The molecule has 0 aliphatic rings. The Morgan fingerprint density at radius 3 is 2.53 bits per heavy atom. The van der Waals surface area contributed by atoms with Crippen molar-refractivity contribution in [3.63, 3.8) is 0 Å². The first-order valence-electron chi connectivity index (χ1n) is 5.64. The molecule has 0 saturated heterocycles. The second kappa shape index (κ2) is 3.62. The molecular formula is C14H17NO2. The first kappa shape index (κ1) is 11.7. The number of rotatable bonds is 2. The summed E-state index contributed by atoms with van der Waals surface area (Å²) in [5.41, 5.74) is 2.20. The average Bonchev–Trinajstić information content (AvgIpc) is 2.58. The van der Waals surface area contributed by atoms with Crippen LogP contribution < -0.4 is 0 Å². The van der Waals surface area contributed by atoms with Gasteiger partial charge in [0, 0.05) is 23.6 Å². The fourth-order valence-electron chi connectivity index (χ4n) is 2.22. The van der Waals surface area contributed by atoms with Crippen molar-refractivity contribution < 1.29 is 9.90 Å². The van der Waals surface area contributed by atoms with E-state index in [0.717, 1.165) is 16.6 Å². The van der Waals surface area contributed by atoms with Crippen LogP contribution in [0.1, 0.15) is 25.1 Å². The van der Waals surface area contributed by atoms with Crippen LogP contribution in [-0.2, 0) is 17.3 Å².